The van der Waals surface area contributed by atoms with Crippen molar-refractivity contribution >= 4 is 29.2 Å². The average Bonchev–Trinajstić information content (AvgIpc) is 2.66. The third-order valence-corrected chi connectivity index (χ3v) is 3.96. The number of hydrogen-bond acceptors (Lipinski definition) is 7. The normalized spacial score (nSPS) is 11.1. The van der Waals surface area contributed by atoms with Crippen LogP contribution in [0.4, 0.5) is 17.6 Å². The first-order valence-corrected chi connectivity index (χ1v) is 9.14. The molecular weight excluding hydrogens is 338 g/mol. The van der Waals surface area contributed by atoms with Crippen LogP contribution in [-0.2, 0) is 0 Å². The van der Waals surface area contributed by atoms with Crippen LogP contribution in [0.3, 0.4) is 0 Å². The molecule has 0 unspecified atom stereocenters. The first-order valence-electron chi connectivity index (χ1n) is 9.14. The number of nitrogens with zero attached hydrogens (tertiary/aromatic N) is 6. The summed E-state index contributed by atoms with van der Waals surface area (Å²) in [5.41, 5.74) is 8.21. The minimum absolute atomic E-state index is 0.0926. The van der Waals surface area contributed by atoms with Gasteiger partial charge in [0.2, 0.25) is 11.9 Å². The lowest BCUT2D eigenvalue weighted by molar-refractivity contribution is 0.745. The number of nitrogens with two attached hydrogens (primary N) is 1. The van der Waals surface area contributed by atoms with Crippen molar-refractivity contribution in [2.75, 3.05) is 42.7 Å². The van der Waals surface area contributed by atoms with Gasteiger partial charge in [0.1, 0.15) is 6.07 Å². The molecule has 0 aliphatic rings. The Bertz CT molecular complexity index is 813. The third kappa shape index (κ3) is 5.42. The molecule has 0 radical (unpaired) electrons. The number of anilines is 3. The van der Waals surface area contributed by atoms with Gasteiger partial charge in [0, 0.05) is 32.9 Å². The highest BCUT2D eigenvalue weighted by Crippen LogP contribution is 2.20. The van der Waals surface area contributed by atoms with Crippen LogP contribution in [0.25, 0.3) is 11.6 Å². The molecular formula is C20H27N7. The topological polar surface area (TPSA) is 95.0 Å². The van der Waals surface area contributed by atoms with E-state index in [1.807, 2.05) is 26.2 Å². The molecule has 2 N–H and O–H groups in total. The molecule has 1 heterocycles. The van der Waals surface area contributed by atoms with E-state index in [0.717, 1.165) is 31.5 Å². The molecule has 0 aliphatic heterocycles. The van der Waals surface area contributed by atoms with Gasteiger partial charge in [-0.3, -0.25) is 0 Å². The fourth-order valence-electron chi connectivity index (χ4n) is 2.71. The quantitative estimate of drug-likeness (QED) is 0.718. The van der Waals surface area contributed by atoms with Crippen molar-refractivity contribution in [2.24, 2.45) is 0 Å². The van der Waals surface area contributed by atoms with Gasteiger partial charge in [0.15, 0.2) is 5.82 Å². The molecule has 1 aromatic carbocycles. The monoisotopic (exact) mass is 365 g/mol. The van der Waals surface area contributed by atoms with E-state index in [1.165, 1.54) is 5.69 Å². The lowest BCUT2D eigenvalue weighted by Crippen LogP contribution is -2.24. The Balaban J connectivity index is 2.32. The maximum Gasteiger partial charge on any atom is 0.230 e. The van der Waals surface area contributed by atoms with Crippen molar-refractivity contribution in [1.29, 1.82) is 5.26 Å². The van der Waals surface area contributed by atoms with E-state index in [2.05, 4.69) is 51.9 Å². The number of nitrogen functional groups attached to an aromatic ring is 1. The molecule has 2 rings (SSSR count). The molecule has 27 heavy (non-hydrogen) atoms. The first kappa shape index (κ1) is 20.2. The summed E-state index contributed by atoms with van der Waals surface area (Å²) in [5.74, 6) is 0.787. The maximum atomic E-state index is 9.56. The highest BCUT2D eigenvalue weighted by atomic mass is 15.3. The van der Waals surface area contributed by atoms with Crippen LogP contribution in [0.2, 0.25) is 0 Å². The van der Waals surface area contributed by atoms with E-state index in [4.69, 9.17) is 5.73 Å². The molecule has 0 saturated carbocycles. The summed E-state index contributed by atoms with van der Waals surface area (Å²) < 4.78 is 0. The zero-order valence-corrected chi connectivity index (χ0v) is 16.5. The Morgan fingerprint density at radius 3 is 2.22 bits per heavy atom. The molecule has 0 aliphatic carbocycles. The van der Waals surface area contributed by atoms with E-state index in [0.29, 0.717) is 11.5 Å². The zero-order chi connectivity index (χ0) is 19.8. The largest absolute Gasteiger partial charge is 0.372 e. The second-order valence-corrected chi connectivity index (χ2v) is 6.46. The molecule has 0 saturated heterocycles. The van der Waals surface area contributed by atoms with Gasteiger partial charge in [0.25, 0.3) is 0 Å². The summed E-state index contributed by atoms with van der Waals surface area (Å²) in [5, 5.41) is 9.56. The molecule has 2 aromatic rings. The van der Waals surface area contributed by atoms with Crippen LogP contribution in [0.5, 0.6) is 0 Å². The molecule has 0 bridgehead atoms. The second kappa shape index (κ2) is 9.53. The van der Waals surface area contributed by atoms with Crippen molar-refractivity contribution in [3.05, 3.63) is 35.7 Å². The van der Waals surface area contributed by atoms with Crippen molar-refractivity contribution < 1.29 is 0 Å². The molecule has 7 nitrogen and oxygen atoms in total. The number of benzene rings is 1. The fraction of sp³-hybridized carbons (Fsp3) is 0.400. The molecule has 0 spiro atoms. The summed E-state index contributed by atoms with van der Waals surface area (Å²) in [7, 11) is 3.62. The van der Waals surface area contributed by atoms with Gasteiger partial charge >= 0.3 is 0 Å². The fourth-order valence-corrected chi connectivity index (χ4v) is 2.71. The van der Waals surface area contributed by atoms with Crippen molar-refractivity contribution in [3.63, 3.8) is 0 Å². The molecule has 1 aromatic heterocycles. The van der Waals surface area contributed by atoms with Gasteiger partial charge in [-0.25, -0.2) is 0 Å². The Morgan fingerprint density at radius 2 is 1.70 bits per heavy atom. The summed E-state index contributed by atoms with van der Waals surface area (Å²) in [6.07, 6.45) is 3.98. The van der Waals surface area contributed by atoms with Gasteiger partial charge in [-0.1, -0.05) is 26.0 Å². The highest BCUT2D eigenvalue weighted by Gasteiger charge is 2.11. The van der Waals surface area contributed by atoms with Crippen LogP contribution in [-0.4, -0.2) is 42.1 Å². The summed E-state index contributed by atoms with van der Waals surface area (Å²) in [4.78, 5) is 16.6. The summed E-state index contributed by atoms with van der Waals surface area (Å²) in [6.45, 7) is 6.43. The van der Waals surface area contributed by atoms with E-state index in [1.54, 1.807) is 11.0 Å². The van der Waals surface area contributed by atoms with Crippen LogP contribution < -0.4 is 15.5 Å². The predicted molar refractivity (Wildman–Crippen MR) is 111 cm³/mol. The number of allylic oxidation sites excluding steroid dienone is 1. The van der Waals surface area contributed by atoms with E-state index < -0.39 is 0 Å². The molecule has 142 valence electrons. The van der Waals surface area contributed by atoms with Crippen molar-refractivity contribution in [3.8, 4) is 6.07 Å². The number of hydrogen-bond donors (Lipinski definition) is 1. The van der Waals surface area contributed by atoms with E-state index >= 15 is 0 Å². The first-order chi connectivity index (χ1) is 13.0. The van der Waals surface area contributed by atoms with Gasteiger partial charge in [0.05, 0.1) is 5.57 Å². The lowest BCUT2D eigenvalue weighted by Gasteiger charge is -2.23. The molecule has 0 atom stereocenters. The summed E-state index contributed by atoms with van der Waals surface area (Å²) >= 11 is 0. The Labute approximate surface area is 161 Å². The zero-order valence-electron chi connectivity index (χ0n) is 16.5. The Morgan fingerprint density at radius 1 is 1.07 bits per heavy atom. The predicted octanol–water partition coefficient (Wildman–Crippen LogP) is 3.21. The van der Waals surface area contributed by atoms with Crippen LogP contribution in [0, 0.1) is 11.3 Å². The minimum atomic E-state index is 0.0926. The number of aromatic nitrogens is 3. The SMILES string of the molecule is CCCN(CCC)c1ccc(/C=C(/C#N)c2nc(N)nc(N(C)C)n2)cc1. The second-order valence-electron chi connectivity index (χ2n) is 6.46. The van der Waals surface area contributed by atoms with Gasteiger partial charge in [-0.2, -0.15) is 20.2 Å². The van der Waals surface area contributed by atoms with E-state index in [-0.39, 0.29) is 11.8 Å². The van der Waals surface area contributed by atoms with Gasteiger partial charge in [-0.15, -0.1) is 0 Å². The molecule has 0 amide bonds. The van der Waals surface area contributed by atoms with Crippen LogP contribution in [0.1, 0.15) is 38.1 Å². The smallest absolute Gasteiger partial charge is 0.230 e. The van der Waals surface area contributed by atoms with E-state index in [9.17, 15) is 5.26 Å². The molecule has 0 fully saturated rings. The molecule has 7 heteroatoms. The Hall–Kier alpha value is -3.14. The van der Waals surface area contributed by atoms with Gasteiger partial charge in [-0.05, 0) is 36.6 Å². The standard InChI is InChI=1S/C20H27N7/c1-5-11-27(12-6-2)17-9-7-15(8-10-17)13-16(14-21)18-23-19(22)25-20(24-18)26(3)4/h7-10,13H,5-6,11-12H2,1-4H3,(H2,22,23,24,25)/b16-13-. The average molecular weight is 365 g/mol. The lowest BCUT2D eigenvalue weighted by atomic mass is 10.1. The van der Waals surface area contributed by atoms with Crippen LogP contribution >= 0.6 is 0 Å². The maximum absolute atomic E-state index is 9.56. The van der Waals surface area contributed by atoms with Gasteiger partial charge < -0.3 is 15.5 Å². The summed E-state index contributed by atoms with van der Waals surface area (Å²) in [6, 6.07) is 10.3. The third-order valence-electron chi connectivity index (χ3n) is 3.96. The highest BCUT2D eigenvalue weighted by molar-refractivity contribution is 5.87. The van der Waals surface area contributed by atoms with Crippen molar-refractivity contribution in [1.82, 2.24) is 15.0 Å². The Kier molecular flexibility index (Phi) is 7.12. The minimum Gasteiger partial charge on any atom is -0.372 e. The number of nitriles is 1. The van der Waals surface area contributed by atoms with Crippen LogP contribution in [0.15, 0.2) is 24.3 Å². The number of rotatable bonds is 8. The van der Waals surface area contributed by atoms with Crippen molar-refractivity contribution in [2.45, 2.75) is 26.7 Å².